The van der Waals surface area contributed by atoms with Gasteiger partial charge in [0.25, 0.3) is 11.8 Å². The van der Waals surface area contributed by atoms with Gasteiger partial charge in [0.2, 0.25) is 0 Å². The fraction of sp³-hybridized carbons (Fsp3) is 0.290. The van der Waals surface area contributed by atoms with Gasteiger partial charge in [-0.1, -0.05) is 64.6 Å². The number of carbonyl (C=O) groups excluding carboxylic acids is 3. The first-order valence-corrected chi connectivity index (χ1v) is 15.1. The Kier molecular flexibility index (Phi) is 12.7. The van der Waals surface area contributed by atoms with Crippen molar-refractivity contribution in [3.63, 3.8) is 0 Å². The van der Waals surface area contributed by atoms with E-state index in [1.807, 2.05) is 0 Å². The maximum absolute atomic E-state index is 13.0. The van der Waals surface area contributed by atoms with Crippen molar-refractivity contribution in [2.75, 3.05) is 18.5 Å². The number of ether oxygens (including phenoxy) is 2. The molecule has 3 rings (SSSR count). The zero-order valence-electron chi connectivity index (χ0n) is 24.5. The number of rotatable bonds is 12. The Bertz CT molecular complexity index is 1520. The first-order valence-electron chi connectivity index (χ1n) is 13.6. The molecule has 0 aromatic heterocycles. The summed E-state index contributed by atoms with van der Waals surface area (Å²) >= 11 is 24.8. The molecule has 1 atom stereocenters. The molecule has 10 nitrogen and oxygen atoms in total. The van der Waals surface area contributed by atoms with E-state index in [0.29, 0.717) is 24.2 Å². The van der Waals surface area contributed by atoms with Crippen LogP contribution in [0.4, 0.5) is 10.5 Å². The number of halogens is 4. The Hall–Kier alpha value is -3.70. The summed E-state index contributed by atoms with van der Waals surface area (Å²) in [5.74, 6) is -2.28. The normalized spacial score (nSPS) is 11.7. The molecule has 3 aromatic carbocycles. The van der Waals surface area contributed by atoms with Crippen LogP contribution in [-0.2, 0) is 16.0 Å². The summed E-state index contributed by atoms with van der Waals surface area (Å²) < 4.78 is 10.8. The van der Waals surface area contributed by atoms with E-state index >= 15 is 0 Å². The average Bonchev–Trinajstić information content (AvgIpc) is 2.92. The molecule has 0 aliphatic rings. The van der Waals surface area contributed by atoms with Crippen molar-refractivity contribution < 1.29 is 33.8 Å². The summed E-state index contributed by atoms with van der Waals surface area (Å²) in [6.45, 7) is 5.81. The van der Waals surface area contributed by atoms with Gasteiger partial charge in [0, 0.05) is 18.7 Å². The van der Waals surface area contributed by atoms with Gasteiger partial charge in [-0.05, 0) is 69.2 Å². The molecule has 14 heteroatoms. The second kappa shape index (κ2) is 16.0. The maximum Gasteiger partial charge on any atom is 0.407 e. The predicted octanol–water partition coefficient (Wildman–Crippen LogP) is 7.27. The van der Waals surface area contributed by atoms with Crippen molar-refractivity contribution in [3.8, 4) is 5.75 Å². The Morgan fingerprint density at radius 3 is 1.98 bits per heavy atom. The number of carboxylic acid groups (broad SMARTS) is 1. The van der Waals surface area contributed by atoms with Crippen molar-refractivity contribution in [2.45, 2.75) is 45.3 Å². The number of carboxylic acids is 1. The molecule has 45 heavy (non-hydrogen) atoms. The molecular weight excluding hydrogens is 668 g/mol. The highest BCUT2D eigenvalue weighted by Gasteiger charge is 2.25. The number of aliphatic carboxylic acids is 1. The molecule has 0 saturated carbocycles. The minimum Gasteiger partial charge on any atom is -0.493 e. The molecule has 0 saturated heterocycles. The van der Waals surface area contributed by atoms with Crippen LogP contribution in [0.15, 0.2) is 54.6 Å². The van der Waals surface area contributed by atoms with Gasteiger partial charge < -0.3 is 30.5 Å². The van der Waals surface area contributed by atoms with Gasteiger partial charge in [0.1, 0.15) is 17.4 Å². The van der Waals surface area contributed by atoms with Crippen LogP contribution in [0.5, 0.6) is 5.75 Å². The van der Waals surface area contributed by atoms with Crippen LogP contribution < -0.4 is 20.7 Å². The van der Waals surface area contributed by atoms with Crippen LogP contribution >= 0.6 is 46.4 Å². The Labute approximate surface area is 280 Å². The van der Waals surface area contributed by atoms with Crippen molar-refractivity contribution in [1.82, 2.24) is 10.6 Å². The zero-order valence-corrected chi connectivity index (χ0v) is 27.5. The smallest absolute Gasteiger partial charge is 0.407 e. The standard InChI is InChI=1S/C31H31Cl4N3O7/c1-31(2,3)45-30(43)36-12-5-13-44-19-15-22(34)26(23(35)16-19)28(40)38-24(29(41)42)14-17-8-10-18(11-9-17)37-27(39)25-20(32)6-4-7-21(25)33/h4,6-11,15-16,24H,5,12-14H2,1-3H3,(H,36,43)(H,37,39)(H,38,40)(H,41,42)/t24-/m0/s1. The summed E-state index contributed by atoms with van der Waals surface area (Å²) in [5.41, 5.74) is 0.408. The molecule has 0 bridgehead atoms. The molecule has 0 aliphatic carbocycles. The maximum atomic E-state index is 13.0. The summed E-state index contributed by atoms with van der Waals surface area (Å²) in [7, 11) is 0. The van der Waals surface area contributed by atoms with Gasteiger partial charge in [0.05, 0.1) is 37.8 Å². The Balaban J connectivity index is 1.57. The molecule has 0 heterocycles. The number of alkyl carbamates (subject to hydrolysis) is 1. The summed E-state index contributed by atoms with van der Waals surface area (Å²) in [6, 6.07) is 12.6. The lowest BCUT2D eigenvalue weighted by Crippen LogP contribution is -2.42. The van der Waals surface area contributed by atoms with Crippen LogP contribution in [-0.4, -0.2) is 53.8 Å². The number of amides is 3. The molecule has 0 fully saturated rings. The second-order valence-electron chi connectivity index (χ2n) is 10.7. The first-order chi connectivity index (χ1) is 21.1. The molecular formula is C31H31Cl4N3O7. The predicted molar refractivity (Wildman–Crippen MR) is 174 cm³/mol. The molecule has 4 N–H and O–H groups in total. The highest BCUT2D eigenvalue weighted by atomic mass is 35.5. The topological polar surface area (TPSA) is 143 Å². The van der Waals surface area contributed by atoms with Crippen LogP contribution in [0.1, 0.15) is 53.5 Å². The molecule has 3 aromatic rings. The highest BCUT2D eigenvalue weighted by molar-refractivity contribution is 6.41. The van der Waals surface area contributed by atoms with Crippen LogP contribution in [0, 0.1) is 0 Å². The zero-order chi connectivity index (χ0) is 33.3. The van der Waals surface area contributed by atoms with E-state index < -0.39 is 35.5 Å². The van der Waals surface area contributed by atoms with E-state index in [-0.39, 0.29) is 50.0 Å². The fourth-order valence-electron chi connectivity index (χ4n) is 3.92. The SMILES string of the molecule is CC(C)(C)OC(=O)NCCCOc1cc(Cl)c(C(=O)N[C@@H](Cc2ccc(NC(=O)c3c(Cl)cccc3Cl)cc2)C(=O)O)c(Cl)c1. The minimum atomic E-state index is -1.32. The Morgan fingerprint density at radius 2 is 1.42 bits per heavy atom. The number of hydrogen-bond donors (Lipinski definition) is 4. The lowest BCUT2D eigenvalue weighted by Gasteiger charge is -2.19. The quantitative estimate of drug-likeness (QED) is 0.146. The number of benzene rings is 3. The summed E-state index contributed by atoms with van der Waals surface area (Å²) in [5, 5.41) is 17.9. The van der Waals surface area contributed by atoms with E-state index in [4.69, 9.17) is 55.9 Å². The molecule has 0 radical (unpaired) electrons. The van der Waals surface area contributed by atoms with Gasteiger partial charge in [-0.25, -0.2) is 9.59 Å². The molecule has 0 spiro atoms. The van der Waals surface area contributed by atoms with Crippen molar-refractivity contribution in [1.29, 1.82) is 0 Å². The van der Waals surface area contributed by atoms with Gasteiger partial charge in [-0.15, -0.1) is 0 Å². The van der Waals surface area contributed by atoms with Gasteiger partial charge >= 0.3 is 12.1 Å². The van der Waals surface area contributed by atoms with E-state index in [1.54, 1.807) is 63.2 Å². The monoisotopic (exact) mass is 697 g/mol. The summed E-state index contributed by atoms with van der Waals surface area (Å²) in [4.78, 5) is 49.4. The minimum absolute atomic E-state index is 0.0373. The van der Waals surface area contributed by atoms with Crippen LogP contribution in [0.3, 0.4) is 0 Å². The van der Waals surface area contributed by atoms with Crippen molar-refractivity contribution in [2.24, 2.45) is 0 Å². The third-order valence-electron chi connectivity index (χ3n) is 5.95. The van der Waals surface area contributed by atoms with Crippen LogP contribution in [0.2, 0.25) is 20.1 Å². The van der Waals surface area contributed by atoms with Gasteiger partial charge in [0.15, 0.2) is 0 Å². The largest absolute Gasteiger partial charge is 0.493 e. The molecule has 0 aliphatic heterocycles. The summed E-state index contributed by atoms with van der Waals surface area (Å²) in [6.07, 6.45) is -0.149. The Morgan fingerprint density at radius 1 is 0.844 bits per heavy atom. The average molecular weight is 699 g/mol. The number of hydrogen-bond acceptors (Lipinski definition) is 6. The van der Waals surface area contributed by atoms with E-state index in [1.165, 1.54) is 12.1 Å². The van der Waals surface area contributed by atoms with Crippen LogP contribution in [0.25, 0.3) is 0 Å². The lowest BCUT2D eigenvalue weighted by molar-refractivity contribution is -0.139. The molecule has 3 amide bonds. The van der Waals surface area contributed by atoms with E-state index in [9.17, 15) is 24.3 Å². The second-order valence-corrected chi connectivity index (χ2v) is 12.3. The third kappa shape index (κ3) is 11.0. The molecule has 240 valence electrons. The van der Waals surface area contributed by atoms with E-state index in [2.05, 4.69) is 16.0 Å². The fourth-order valence-corrected chi connectivity index (χ4v) is 5.12. The molecule has 0 unspecified atom stereocenters. The number of carbonyl (C=O) groups is 4. The third-order valence-corrected chi connectivity index (χ3v) is 7.17. The van der Waals surface area contributed by atoms with Gasteiger partial charge in [-0.2, -0.15) is 0 Å². The number of nitrogens with one attached hydrogen (secondary N) is 3. The van der Waals surface area contributed by atoms with Crippen molar-refractivity contribution in [3.05, 3.63) is 91.4 Å². The highest BCUT2D eigenvalue weighted by Crippen LogP contribution is 2.31. The van der Waals surface area contributed by atoms with E-state index in [0.717, 1.165) is 0 Å². The lowest BCUT2D eigenvalue weighted by atomic mass is 10.0. The van der Waals surface area contributed by atoms with Gasteiger partial charge in [-0.3, -0.25) is 9.59 Å². The number of anilines is 1. The van der Waals surface area contributed by atoms with Crippen molar-refractivity contribution >= 4 is 76.0 Å². The first kappa shape index (κ1) is 35.8.